The van der Waals surface area contributed by atoms with Gasteiger partial charge in [-0.15, -0.1) is 5.11 Å². The fraction of sp³-hybridized carbons (Fsp3) is 0.0303. The summed E-state index contributed by atoms with van der Waals surface area (Å²) >= 11 is 0. The van der Waals surface area contributed by atoms with Crippen molar-refractivity contribution >= 4 is 77.0 Å². The van der Waals surface area contributed by atoms with Gasteiger partial charge in [0, 0.05) is 27.7 Å². The standard InChI is InChI=1S/C33H25N5O7S2/c1-20-7-9-23(10-8-20)35-36-30-16-15-29(27-14-12-25(19-28(27)30)46(40,41)42)37-38-32-31(47(43,44)45)18-21-17-24(11-13-26(21)33(32)39)34-22-5-3-2-4-6-22/h2-19,34,37H,1H3,(H,40,41,42)(H,43,44,45). The van der Waals surface area contributed by atoms with Crippen LogP contribution < -0.4 is 10.7 Å². The molecule has 0 amide bonds. The molecule has 4 N–H and O–H groups in total. The van der Waals surface area contributed by atoms with Gasteiger partial charge in [0.25, 0.3) is 20.2 Å². The number of hydrogen-bond donors (Lipinski definition) is 4. The Morgan fingerprint density at radius 2 is 1.45 bits per heavy atom. The number of Topliss-reactive ketones (excluding diaryl/α,β-unsaturated/α-hetero) is 1. The number of hydrogen-bond acceptors (Lipinski definition) is 10. The van der Waals surface area contributed by atoms with Crippen molar-refractivity contribution < 1.29 is 30.7 Å². The van der Waals surface area contributed by atoms with Crippen molar-refractivity contribution in [3.63, 3.8) is 0 Å². The Morgan fingerprint density at radius 3 is 2.15 bits per heavy atom. The van der Waals surface area contributed by atoms with Gasteiger partial charge in [0.2, 0.25) is 5.78 Å². The number of fused-ring (bicyclic) bond motifs is 2. The zero-order chi connectivity index (χ0) is 33.3. The Balaban J connectivity index is 1.39. The van der Waals surface area contributed by atoms with Gasteiger partial charge >= 0.3 is 0 Å². The summed E-state index contributed by atoms with van der Waals surface area (Å²) in [6, 6.07) is 28.0. The van der Waals surface area contributed by atoms with E-state index >= 15 is 0 Å². The van der Waals surface area contributed by atoms with Crippen LogP contribution >= 0.6 is 0 Å². The molecule has 0 saturated heterocycles. The van der Waals surface area contributed by atoms with Crippen molar-refractivity contribution in [2.24, 2.45) is 15.3 Å². The molecule has 0 aromatic heterocycles. The molecule has 6 rings (SSSR count). The third-order valence-corrected chi connectivity index (χ3v) is 8.95. The third-order valence-electron chi connectivity index (χ3n) is 7.23. The number of ketones is 1. The zero-order valence-corrected chi connectivity index (χ0v) is 26.1. The molecule has 1 aliphatic carbocycles. The summed E-state index contributed by atoms with van der Waals surface area (Å²) in [6.07, 6.45) is 1.16. The summed E-state index contributed by atoms with van der Waals surface area (Å²) in [6.45, 7) is 1.93. The highest BCUT2D eigenvalue weighted by atomic mass is 32.2. The van der Waals surface area contributed by atoms with Crippen LogP contribution in [0.5, 0.6) is 0 Å². The van der Waals surface area contributed by atoms with Crippen LogP contribution in [0.4, 0.5) is 28.4 Å². The van der Waals surface area contributed by atoms with E-state index in [0.29, 0.717) is 16.8 Å². The van der Waals surface area contributed by atoms with Crippen LogP contribution in [0.15, 0.2) is 128 Å². The highest BCUT2D eigenvalue weighted by Crippen LogP contribution is 2.35. The summed E-state index contributed by atoms with van der Waals surface area (Å²) in [5.41, 5.74) is 5.97. The zero-order valence-electron chi connectivity index (χ0n) is 24.5. The van der Waals surface area contributed by atoms with E-state index in [0.717, 1.165) is 17.3 Å². The first-order valence-corrected chi connectivity index (χ1v) is 16.8. The van der Waals surface area contributed by atoms with E-state index in [1.54, 1.807) is 24.3 Å². The quantitative estimate of drug-likeness (QED) is 0.0740. The minimum atomic E-state index is -4.91. The molecule has 12 nitrogen and oxygen atoms in total. The van der Waals surface area contributed by atoms with Crippen LogP contribution in [0.25, 0.3) is 16.8 Å². The maximum atomic E-state index is 13.5. The molecule has 47 heavy (non-hydrogen) atoms. The molecule has 0 atom stereocenters. The first-order valence-electron chi connectivity index (χ1n) is 13.9. The monoisotopic (exact) mass is 667 g/mol. The second-order valence-corrected chi connectivity index (χ2v) is 13.3. The van der Waals surface area contributed by atoms with Gasteiger partial charge in [-0.1, -0.05) is 42.0 Å². The van der Waals surface area contributed by atoms with Crippen LogP contribution in [-0.4, -0.2) is 37.4 Å². The van der Waals surface area contributed by atoms with Gasteiger partial charge in [0.05, 0.1) is 22.0 Å². The molecule has 236 valence electrons. The minimum absolute atomic E-state index is 0.158. The topological polar surface area (TPSA) is 187 Å². The molecular formula is C33H25N5O7S2. The van der Waals surface area contributed by atoms with E-state index in [-0.39, 0.29) is 27.9 Å². The summed E-state index contributed by atoms with van der Waals surface area (Å²) in [5.74, 6) is -0.754. The van der Waals surface area contributed by atoms with Crippen molar-refractivity contribution in [3.8, 4) is 0 Å². The lowest BCUT2D eigenvalue weighted by atomic mass is 9.94. The highest BCUT2D eigenvalue weighted by Gasteiger charge is 2.33. The first-order chi connectivity index (χ1) is 22.4. The minimum Gasteiger partial charge on any atom is -0.356 e. The predicted octanol–water partition coefficient (Wildman–Crippen LogP) is 7.45. The Labute approximate surface area is 269 Å². The lowest BCUT2D eigenvalue weighted by Gasteiger charge is -2.18. The number of nitrogens with zero attached hydrogens (tertiary/aromatic N) is 3. The molecule has 0 aliphatic heterocycles. The second-order valence-electron chi connectivity index (χ2n) is 10.5. The largest absolute Gasteiger partial charge is 0.356 e. The van der Waals surface area contributed by atoms with Gasteiger partial charge in [-0.05, 0) is 85.3 Å². The summed E-state index contributed by atoms with van der Waals surface area (Å²) in [5, 5.41) is 16.4. The molecular weight excluding hydrogens is 643 g/mol. The molecule has 0 radical (unpaired) electrons. The van der Waals surface area contributed by atoms with Crippen molar-refractivity contribution in [3.05, 3.63) is 125 Å². The van der Waals surface area contributed by atoms with Crippen molar-refractivity contribution in [2.75, 3.05) is 10.7 Å². The molecule has 0 saturated carbocycles. The van der Waals surface area contributed by atoms with E-state index in [4.69, 9.17) is 0 Å². The van der Waals surface area contributed by atoms with Gasteiger partial charge < -0.3 is 5.32 Å². The Bertz CT molecular complexity index is 2370. The second kappa shape index (κ2) is 12.3. The number of anilines is 3. The average Bonchev–Trinajstić information content (AvgIpc) is 3.03. The van der Waals surface area contributed by atoms with Crippen molar-refractivity contribution in [1.29, 1.82) is 0 Å². The number of rotatable bonds is 8. The molecule has 5 aromatic carbocycles. The lowest BCUT2D eigenvalue weighted by Crippen LogP contribution is -2.27. The van der Waals surface area contributed by atoms with E-state index in [1.165, 1.54) is 36.4 Å². The number of benzene rings is 5. The van der Waals surface area contributed by atoms with E-state index in [9.17, 15) is 30.7 Å². The predicted molar refractivity (Wildman–Crippen MR) is 180 cm³/mol. The number of nitrogens with one attached hydrogen (secondary N) is 2. The Kier molecular flexibility index (Phi) is 8.25. The number of carbonyl (C=O) groups excluding carboxylic acids is 1. The number of hydrazone groups is 1. The van der Waals surface area contributed by atoms with Crippen LogP contribution in [0.3, 0.4) is 0 Å². The van der Waals surface area contributed by atoms with Crippen LogP contribution in [0, 0.1) is 6.92 Å². The maximum absolute atomic E-state index is 13.5. The van der Waals surface area contributed by atoms with Crippen LogP contribution in [-0.2, 0) is 20.2 Å². The summed E-state index contributed by atoms with van der Waals surface area (Å²) in [4.78, 5) is 12.4. The molecule has 0 unspecified atom stereocenters. The van der Waals surface area contributed by atoms with Crippen LogP contribution in [0.1, 0.15) is 21.5 Å². The average molecular weight is 668 g/mol. The molecule has 1 aliphatic rings. The number of para-hydroxylation sites is 1. The number of azo groups is 1. The highest BCUT2D eigenvalue weighted by molar-refractivity contribution is 7.91. The van der Waals surface area contributed by atoms with Gasteiger partial charge in [0.1, 0.15) is 4.91 Å². The van der Waals surface area contributed by atoms with E-state index in [1.807, 2.05) is 49.4 Å². The molecule has 0 bridgehead atoms. The normalized spacial score (nSPS) is 14.3. The SMILES string of the molecule is Cc1ccc(N=Nc2ccc(NN=C3C(=O)c4ccc(Nc5ccccc5)cc4C=C3S(=O)(=O)O)c3ccc(S(=O)(=O)O)cc23)cc1. The van der Waals surface area contributed by atoms with E-state index in [2.05, 4.69) is 26.1 Å². The number of aryl methyl sites for hydroxylation is 1. The third kappa shape index (κ3) is 6.85. The number of allylic oxidation sites excluding steroid dienone is 1. The number of carbonyl (C=O) groups is 1. The first kappa shape index (κ1) is 31.4. The molecule has 5 aromatic rings. The molecule has 0 spiro atoms. The van der Waals surface area contributed by atoms with Gasteiger partial charge in [-0.2, -0.15) is 27.1 Å². The fourth-order valence-electron chi connectivity index (χ4n) is 4.90. The molecule has 0 heterocycles. The van der Waals surface area contributed by atoms with Gasteiger partial charge in [-0.3, -0.25) is 19.3 Å². The lowest BCUT2D eigenvalue weighted by molar-refractivity contribution is 0.106. The van der Waals surface area contributed by atoms with Crippen molar-refractivity contribution in [1.82, 2.24) is 0 Å². The Hall–Kier alpha value is -5.54. The molecule has 0 fully saturated rings. The summed E-state index contributed by atoms with van der Waals surface area (Å²) < 4.78 is 68.5. The van der Waals surface area contributed by atoms with E-state index < -0.39 is 41.5 Å². The van der Waals surface area contributed by atoms with Gasteiger partial charge in [-0.25, -0.2) is 0 Å². The smallest absolute Gasteiger partial charge is 0.296 e. The maximum Gasteiger partial charge on any atom is 0.296 e. The molecule has 14 heteroatoms. The van der Waals surface area contributed by atoms with Gasteiger partial charge in [0.15, 0.2) is 5.71 Å². The summed E-state index contributed by atoms with van der Waals surface area (Å²) in [7, 11) is -9.48. The Morgan fingerprint density at radius 1 is 0.702 bits per heavy atom. The van der Waals surface area contributed by atoms with Crippen molar-refractivity contribution in [2.45, 2.75) is 11.8 Å². The fourth-order valence-corrected chi connectivity index (χ4v) is 6.07. The van der Waals surface area contributed by atoms with Crippen LogP contribution in [0.2, 0.25) is 0 Å².